The summed E-state index contributed by atoms with van der Waals surface area (Å²) in [5.41, 5.74) is 11.1. The van der Waals surface area contributed by atoms with Gasteiger partial charge in [0.25, 0.3) is 0 Å². The molecule has 6 nitrogen and oxygen atoms in total. The average molecular weight is 370 g/mol. The van der Waals surface area contributed by atoms with Gasteiger partial charge in [-0.3, -0.25) is 10.7 Å². The Kier molecular flexibility index (Phi) is 3.91. The Labute approximate surface area is 162 Å². The van der Waals surface area contributed by atoms with Gasteiger partial charge in [0, 0.05) is 42.6 Å². The smallest absolute Gasteiger partial charge is 0.187 e. The van der Waals surface area contributed by atoms with Crippen LogP contribution in [0.4, 0.5) is 0 Å². The lowest BCUT2D eigenvalue weighted by Crippen LogP contribution is -2.56. The Bertz CT molecular complexity index is 1200. The topological polar surface area (TPSA) is 94.0 Å². The molecule has 1 aliphatic heterocycles. The molecule has 1 atom stereocenters. The molecule has 140 valence electrons. The molecule has 2 aromatic carbocycles. The van der Waals surface area contributed by atoms with E-state index in [0.717, 1.165) is 22.4 Å². The largest absolute Gasteiger partial charge is 0.368 e. The first-order chi connectivity index (χ1) is 13.7. The van der Waals surface area contributed by atoms with Crippen molar-refractivity contribution in [2.24, 2.45) is 10.7 Å². The highest BCUT2D eigenvalue weighted by molar-refractivity contribution is 5.80. The van der Waals surface area contributed by atoms with E-state index < -0.39 is 5.79 Å². The monoisotopic (exact) mass is 370 g/mol. The van der Waals surface area contributed by atoms with Crippen molar-refractivity contribution in [2.45, 2.75) is 18.8 Å². The number of allylic oxidation sites excluding steroid dienone is 1. The Morgan fingerprint density at radius 2 is 1.57 bits per heavy atom. The van der Waals surface area contributed by atoms with Crippen molar-refractivity contribution in [3.8, 4) is 0 Å². The predicted octanol–water partition coefficient (Wildman–Crippen LogP) is 3.11. The first-order valence-electron chi connectivity index (χ1n) is 9.35. The number of hydrogen-bond donors (Lipinski definition) is 5. The molecular formula is C22H22N6. The van der Waals surface area contributed by atoms with Gasteiger partial charge in [0.1, 0.15) is 5.82 Å². The lowest BCUT2D eigenvalue weighted by molar-refractivity contribution is 0.366. The van der Waals surface area contributed by atoms with E-state index in [1.54, 1.807) is 6.21 Å². The van der Waals surface area contributed by atoms with E-state index in [1.807, 2.05) is 18.5 Å². The number of rotatable bonds is 5. The number of nitrogens with one attached hydrogen (secondary N) is 4. The Morgan fingerprint density at radius 3 is 2.32 bits per heavy atom. The standard InChI is InChI=1S/C22H22N6/c23-22(13-15-1-3-19-17(11-15)5-8-24-19)27-10-7-21(28-22)26-14-16-2-4-20-18(12-16)6-9-25-20/h1-12,24-26,28H,13-14,23H2. The van der Waals surface area contributed by atoms with Gasteiger partial charge in [-0.1, -0.05) is 12.1 Å². The van der Waals surface area contributed by atoms with E-state index in [-0.39, 0.29) is 0 Å². The summed E-state index contributed by atoms with van der Waals surface area (Å²) < 4.78 is 0. The van der Waals surface area contributed by atoms with Gasteiger partial charge in [-0.2, -0.15) is 0 Å². The second-order valence-corrected chi connectivity index (χ2v) is 7.24. The maximum atomic E-state index is 6.53. The van der Waals surface area contributed by atoms with E-state index in [4.69, 9.17) is 5.73 Å². The lowest BCUT2D eigenvalue weighted by atomic mass is 10.0. The van der Waals surface area contributed by atoms with Crippen LogP contribution >= 0.6 is 0 Å². The second-order valence-electron chi connectivity index (χ2n) is 7.24. The van der Waals surface area contributed by atoms with Gasteiger partial charge >= 0.3 is 0 Å². The fourth-order valence-corrected chi connectivity index (χ4v) is 3.68. The highest BCUT2D eigenvalue weighted by Crippen LogP contribution is 2.19. The molecule has 0 saturated carbocycles. The van der Waals surface area contributed by atoms with Crippen LogP contribution in [0.5, 0.6) is 0 Å². The predicted molar refractivity (Wildman–Crippen MR) is 114 cm³/mol. The molecule has 1 aliphatic rings. The average Bonchev–Trinajstić information content (AvgIpc) is 3.34. The highest BCUT2D eigenvalue weighted by atomic mass is 15.3. The van der Waals surface area contributed by atoms with E-state index in [0.29, 0.717) is 13.0 Å². The Balaban J connectivity index is 1.26. The summed E-state index contributed by atoms with van der Waals surface area (Å²) in [6.45, 7) is 0.708. The molecule has 0 fully saturated rings. The fraction of sp³-hybridized carbons (Fsp3) is 0.136. The van der Waals surface area contributed by atoms with Crippen molar-refractivity contribution in [2.75, 3.05) is 0 Å². The molecule has 2 aromatic heterocycles. The quantitative estimate of drug-likeness (QED) is 0.374. The first-order valence-corrected chi connectivity index (χ1v) is 9.35. The van der Waals surface area contributed by atoms with Gasteiger partial charge in [0.15, 0.2) is 5.79 Å². The number of nitrogens with two attached hydrogens (primary N) is 1. The van der Waals surface area contributed by atoms with Gasteiger partial charge in [0.05, 0.1) is 0 Å². The number of hydrogen-bond acceptors (Lipinski definition) is 4. The third kappa shape index (κ3) is 3.25. The maximum Gasteiger partial charge on any atom is 0.187 e. The third-order valence-corrected chi connectivity index (χ3v) is 5.09. The van der Waals surface area contributed by atoms with E-state index >= 15 is 0 Å². The number of fused-ring (bicyclic) bond motifs is 2. The minimum atomic E-state index is -0.869. The molecule has 0 amide bonds. The van der Waals surface area contributed by atoms with Gasteiger partial charge in [-0.15, -0.1) is 0 Å². The van der Waals surface area contributed by atoms with Crippen LogP contribution < -0.4 is 16.4 Å². The van der Waals surface area contributed by atoms with Crippen molar-refractivity contribution in [3.63, 3.8) is 0 Å². The van der Waals surface area contributed by atoms with Gasteiger partial charge in [0.2, 0.25) is 0 Å². The fourth-order valence-electron chi connectivity index (χ4n) is 3.68. The van der Waals surface area contributed by atoms with Gasteiger partial charge in [-0.05, 0) is 64.4 Å². The number of nitrogens with zero attached hydrogens (tertiary/aromatic N) is 1. The maximum absolute atomic E-state index is 6.53. The first kappa shape index (κ1) is 16.6. The minimum absolute atomic E-state index is 0.596. The van der Waals surface area contributed by atoms with Crippen molar-refractivity contribution < 1.29 is 0 Å². The van der Waals surface area contributed by atoms with Crippen LogP contribution in [0.15, 0.2) is 77.8 Å². The van der Waals surface area contributed by atoms with Crippen molar-refractivity contribution in [3.05, 3.63) is 83.9 Å². The molecule has 0 spiro atoms. The van der Waals surface area contributed by atoms with Crippen molar-refractivity contribution in [1.29, 1.82) is 0 Å². The van der Waals surface area contributed by atoms with E-state index in [2.05, 4.69) is 74.1 Å². The molecular weight excluding hydrogens is 348 g/mol. The molecule has 0 aliphatic carbocycles. The number of aliphatic imine (C=N–C) groups is 1. The molecule has 0 bridgehead atoms. The number of aromatic nitrogens is 2. The Hall–Kier alpha value is -3.51. The van der Waals surface area contributed by atoms with Crippen LogP contribution in [0.1, 0.15) is 11.1 Å². The summed E-state index contributed by atoms with van der Waals surface area (Å²) in [5.74, 6) is 0.000419. The van der Waals surface area contributed by atoms with Gasteiger partial charge < -0.3 is 20.6 Å². The SMILES string of the molecule is NC1(Cc2ccc3[nH]ccc3c2)N=CC=C(NCc2ccc3[nH]ccc3c2)N1. The molecule has 6 N–H and O–H groups in total. The number of benzene rings is 2. The summed E-state index contributed by atoms with van der Waals surface area (Å²) >= 11 is 0. The number of H-pyrrole nitrogens is 2. The van der Waals surface area contributed by atoms with E-state index in [1.165, 1.54) is 16.3 Å². The number of aromatic amines is 2. The summed E-state index contributed by atoms with van der Waals surface area (Å²) in [7, 11) is 0. The third-order valence-electron chi connectivity index (χ3n) is 5.09. The Morgan fingerprint density at radius 1 is 0.893 bits per heavy atom. The molecule has 6 heteroatoms. The molecule has 3 heterocycles. The molecule has 28 heavy (non-hydrogen) atoms. The highest BCUT2D eigenvalue weighted by Gasteiger charge is 2.26. The van der Waals surface area contributed by atoms with Crippen LogP contribution in [0.3, 0.4) is 0 Å². The molecule has 5 rings (SSSR count). The molecule has 0 saturated heterocycles. The molecule has 0 radical (unpaired) electrons. The zero-order valence-electron chi connectivity index (χ0n) is 15.4. The lowest BCUT2D eigenvalue weighted by Gasteiger charge is -2.31. The summed E-state index contributed by atoms with van der Waals surface area (Å²) in [6, 6.07) is 16.8. The van der Waals surface area contributed by atoms with Crippen LogP contribution in [0.25, 0.3) is 21.8 Å². The molecule has 4 aromatic rings. The molecule has 1 unspecified atom stereocenters. The van der Waals surface area contributed by atoms with E-state index in [9.17, 15) is 0 Å². The summed E-state index contributed by atoms with van der Waals surface area (Å²) in [6.07, 6.45) is 8.17. The van der Waals surface area contributed by atoms with Crippen LogP contribution in [-0.4, -0.2) is 22.0 Å². The van der Waals surface area contributed by atoms with Crippen molar-refractivity contribution >= 4 is 28.0 Å². The zero-order valence-corrected chi connectivity index (χ0v) is 15.4. The second kappa shape index (κ2) is 6.58. The van der Waals surface area contributed by atoms with Gasteiger partial charge in [-0.25, -0.2) is 0 Å². The summed E-state index contributed by atoms with van der Waals surface area (Å²) in [5, 5.41) is 9.15. The van der Waals surface area contributed by atoms with Crippen LogP contribution in [-0.2, 0) is 13.0 Å². The minimum Gasteiger partial charge on any atom is -0.368 e. The van der Waals surface area contributed by atoms with Crippen molar-refractivity contribution in [1.82, 2.24) is 20.6 Å². The normalized spacial score (nSPS) is 19.0. The van der Waals surface area contributed by atoms with Crippen LogP contribution in [0.2, 0.25) is 0 Å². The zero-order chi connectivity index (χ0) is 19.0. The van der Waals surface area contributed by atoms with Crippen LogP contribution in [0, 0.1) is 0 Å². The summed E-state index contributed by atoms with van der Waals surface area (Å²) in [4.78, 5) is 10.9.